The maximum atomic E-state index is 11.2. The summed E-state index contributed by atoms with van der Waals surface area (Å²) < 4.78 is 9.67. The van der Waals surface area contributed by atoms with Crippen LogP contribution in [0.1, 0.15) is 16.3 Å². The Morgan fingerprint density at radius 3 is 2.79 bits per heavy atom. The molecule has 0 unspecified atom stereocenters. The summed E-state index contributed by atoms with van der Waals surface area (Å²) in [6.45, 7) is 1.57. The standard InChI is InChI=1S/C9H6O5/c1-4-2-5-7(9(12)13-4)8(11)6(3-10)14-5/h2-3,11H,1H3. The van der Waals surface area contributed by atoms with E-state index >= 15 is 0 Å². The molecular weight excluding hydrogens is 188 g/mol. The van der Waals surface area contributed by atoms with Crippen LogP contribution < -0.4 is 5.63 Å². The summed E-state index contributed by atoms with van der Waals surface area (Å²) in [5.74, 6) is -0.379. The number of furan rings is 1. The van der Waals surface area contributed by atoms with Crippen LogP contribution in [0.5, 0.6) is 5.75 Å². The summed E-state index contributed by atoms with van der Waals surface area (Å²) in [6.07, 6.45) is 0.337. The molecular formula is C9H6O5. The number of carbonyl (C=O) groups excluding carboxylic acids is 1. The number of aldehydes is 1. The molecule has 0 amide bonds. The van der Waals surface area contributed by atoms with Crippen LogP contribution in [-0.2, 0) is 0 Å². The molecule has 5 heteroatoms. The minimum atomic E-state index is -0.714. The van der Waals surface area contributed by atoms with Gasteiger partial charge in [0.2, 0.25) is 5.76 Å². The van der Waals surface area contributed by atoms with Crippen LogP contribution in [0.25, 0.3) is 11.0 Å². The second-order valence-electron chi connectivity index (χ2n) is 2.82. The first kappa shape index (κ1) is 8.55. The highest BCUT2D eigenvalue weighted by atomic mass is 16.4. The van der Waals surface area contributed by atoms with Crippen molar-refractivity contribution in [3.05, 3.63) is 28.0 Å². The van der Waals surface area contributed by atoms with E-state index in [-0.39, 0.29) is 16.7 Å². The van der Waals surface area contributed by atoms with Crippen LogP contribution in [0, 0.1) is 6.92 Å². The number of carbonyl (C=O) groups is 1. The molecule has 2 rings (SSSR count). The van der Waals surface area contributed by atoms with Crippen molar-refractivity contribution in [3.63, 3.8) is 0 Å². The number of hydrogen-bond acceptors (Lipinski definition) is 5. The third kappa shape index (κ3) is 1.02. The average molecular weight is 194 g/mol. The van der Waals surface area contributed by atoms with E-state index in [0.717, 1.165) is 0 Å². The third-order valence-electron chi connectivity index (χ3n) is 1.84. The van der Waals surface area contributed by atoms with E-state index in [1.54, 1.807) is 6.92 Å². The fourth-order valence-electron chi connectivity index (χ4n) is 1.25. The van der Waals surface area contributed by atoms with Gasteiger partial charge in [0.05, 0.1) is 0 Å². The Morgan fingerprint density at radius 2 is 2.14 bits per heavy atom. The quantitative estimate of drug-likeness (QED) is 0.690. The largest absolute Gasteiger partial charge is 0.503 e. The fraction of sp³-hybridized carbons (Fsp3) is 0.111. The van der Waals surface area contributed by atoms with Gasteiger partial charge in [-0.3, -0.25) is 4.79 Å². The van der Waals surface area contributed by atoms with Gasteiger partial charge in [-0.05, 0) is 6.92 Å². The highest BCUT2D eigenvalue weighted by Gasteiger charge is 2.17. The number of aryl methyl sites for hydroxylation is 1. The lowest BCUT2D eigenvalue weighted by Crippen LogP contribution is -1.98. The van der Waals surface area contributed by atoms with Crippen molar-refractivity contribution >= 4 is 17.3 Å². The van der Waals surface area contributed by atoms with Gasteiger partial charge in [-0.2, -0.15) is 0 Å². The topological polar surface area (TPSA) is 80.6 Å². The van der Waals surface area contributed by atoms with Gasteiger partial charge in [0.1, 0.15) is 16.7 Å². The normalized spacial score (nSPS) is 10.6. The summed E-state index contributed by atoms with van der Waals surface area (Å²) in [6, 6.07) is 1.43. The molecule has 1 N–H and O–H groups in total. The summed E-state index contributed by atoms with van der Waals surface area (Å²) in [7, 11) is 0. The van der Waals surface area contributed by atoms with Crippen molar-refractivity contribution in [3.8, 4) is 5.75 Å². The lowest BCUT2D eigenvalue weighted by atomic mass is 10.3. The van der Waals surface area contributed by atoms with Gasteiger partial charge < -0.3 is 13.9 Å². The third-order valence-corrected chi connectivity index (χ3v) is 1.84. The van der Waals surface area contributed by atoms with Gasteiger partial charge in [0, 0.05) is 6.07 Å². The number of hydrogen-bond donors (Lipinski definition) is 1. The van der Waals surface area contributed by atoms with Gasteiger partial charge >= 0.3 is 5.63 Å². The van der Waals surface area contributed by atoms with E-state index in [0.29, 0.717) is 12.0 Å². The zero-order valence-corrected chi connectivity index (χ0v) is 7.23. The highest BCUT2D eigenvalue weighted by molar-refractivity contribution is 5.91. The van der Waals surface area contributed by atoms with Gasteiger partial charge in [0.25, 0.3) is 0 Å². The maximum absolute atomic E-state index is 11.2. The van der Waals surface area contributed by atoms with Crippen molar-refractivity contribution in [1.29, 1.82) is 0 Å². The Balaban J connectivity index is 2.99. The molecule has 5 nitrogen and oxygen atoms in total. The molecule has 0 aromatic carbocycles. The van der Waals surface area contributed by atoms with Gasteiger partial charge in [-0.25, -0.2) is 4.79 Å². The molecule has 0 saturated carbocycles. The van der Waals surface area contributed by atoms with Crippen LogP contribution in [0.2, 0.25) is 0 Å². The zero-order valence-electron chi connectivity index (χ0n) is 7.23. The first-order valence-corrected chi connectivity index (χ1v) is 3.85. The van der Waals surface area contributed by atoms with Crippen LogP contribution in [0.4, 0.5) is 0 Å². The molecule has 0 bridgehead atoms. The molecule has 0 radical (unpaired) electrons. The van der Waals surface area contributed by atoms with E-state index in [4.69, 9.17) is 8.83 Å². The van der Waals surface area contributed by atoms with E-state index in [1.165, 1.54) is 6.07 Å². The summed E-state index contributed by atoms with van der Waals surface area (Å²) in [4.78, 5) is 21.7. The second kappa shape index (κ2) is 2.73. The predicted molar refractivity (Wildman–Crippen MR) is 46.5 cm³/mol. The molecule has 0 aliphatic rings. The molecule has 2 heterocycles. The van der Waals surface area contributed by atoms with Crippen molar-refractivity contribution in [1.82, 2.24) is 0 Å². The van der Waals surface area contributed by atoms with Gasteiger partial charge in [-0.15, -0.1) is 0 Å². The van der Waals surface area contributed by atoms with Crippen LogP contribution in [0.15, 0.2) is 19.7 Å². The first-order valence-electron chi connectivity index (χ1n) is 3.85. The molecule has 2 aromatic heterocycles. The predicted octanol–water partition coefficient (Wildman–Crippen LogP) is 1.21. The molecule has 2 aromatic rings. The minimum absolute atomic E-state index is 0.0994. The van der Waals surface area contributed by atoms with Crippen molar-refractivity contribution in [2.45, 2.75) is 6.92 Å². The molecule has 0 aliphatic carbocycles. The Labute approximate surface area is 77.6 Å². The van der Waals surface area contributed by atoms with Gasteiger partial charge in [0.15, 0.2) is 12.0 Å². The minimum Gasteiger partial charge on any atom is -0.503 e. The summed E-state index contributed by atoms with van der Waals surface area (Å²) in [5, 5.41) is 9.28. The Kier molecular flexibility index (Phi) is 1.67. The van der Waals surface area contributed by atoms with E-state index in [2.05, 4.69) is 0 Å². The Hall–Kier alpha value is -2.04. The maximum Gasteiger partial charge on any atom is 0.351 e. The summed E-state index contributed by atoms with van der Waals surface area (Å²) >= 11 is 0. The van der Waals surface area contributed by atoms with Crippen molar-refractivity contribution < 1.29 is 18.7 Å². The van der Waals surface area contributed by atoms with Crippen molar-refractivity contribution in [2.75, 3.05) is 0 Å². The molecule has 14 heavy (non-hydrogen) atoms. The summed E-state index contributed by atoms with van der Waals surface area (Å²) in [5.41, 5.74) is -0.562. The number of rotatable bonds is 1. The second-order valence-corrected chi connectivity index (χ2v) is 2.82. The first-order chi connectivity index (χ1) is 6.63. The van der Waals surface area contributed by atoms with Crippen LogP contribution >= 0.6 is 0 Å². The van der Waals surface area contributed by atoms with Crippen molar-refractivity contribution in [2.24, 2.45) is 0 Å². The molecule has 72 valence electrons. The molecule has 0 atom stereocenters. The number of aromatic hydroxyl groups is 1. The van der Waals surface area contributed by atoms with Gasteiger partial charge in [-0.1, -0.05) is 0 Å². The van der Waals surface area contributed by atoms with E-state index in [9.17, 15) is 14.7 Å². The monoisotopic (exact) mass is 194 g/mol. The molecule has 0 aliphatic heterocycles. The zero-order chi connectivity index (χ0) is 10.3. The molecule has 0 fully saturated rings. The smallest absolute Gasteiger partial charge is 0.351 e. The SMILES string of the molecule is Cc1cc2oc(C=O)c(O)c2c(=O)o1. The highest BCUT2D eigenvalue weighted by Crippen LogP contribution is 2.28. The van der Waals surface area contributed by atoms with Crippen LogP contribution in [0.3, 0.4) is 0 Å². The van der Waals surface area contributed by atoms with E-state index < -0.39 is 11.4 Å². The Morgan fingerprint density at radius 1 is 1.43 bits per heavy atom. The van der Waals surface area contributed by atoms with E-state index in [1.807, 2.05) is 0 Å². The molecule has 0 saturated heterocycles. The number of fused-ring (bicyclic) bond motifs is 1. The fourth-order valence-corrected chi connectivity index (χ4v) is 1.25. The average Bonchev–Trinajstić information content (AvgIpc) is 2.42. The lowest BCUT2D eigenvalue weighted by Gasteiger charge is -1.89. The molecule has 0 spiro atoms. The Bertz CT molecular complexity index is 560. The lowest BCUT2D eigenvalue weighted by molar-refractivity contribution is 0.109. The van der Waals surface area contributed by atoms with Crippen LogP contribution in [-0.4, -0.2) is 11.4 Å².